The van der Waals surface area contributed by atoms with Crippen LogP contribution in [0.25, 0.3) is 22.4 Å². The molecule has 0 bridgehead atoms. The largest absolute Gasteiger partial charge is 0.438 e. The summed E-state index contributed by atoms with van der Waals surface area (Å²) >= 11 is 7.86. The summed E-state index contributed by atoms with van der Waals surface area (Å²) in [6, 6.07) is 10.2. The fourth-order valence-corrected chi connectivity index (χ4v) is 5.78. The lowest BCUT2D eigenvalue weighted by molar-refractivity contribution is -0.138. The first-order chi connectivity index (χ1) is 21.0. The van der Waals surface area contributed by atoms with Crippen molar-refractivity contribution in [3.05, 3.63) is 81.1 Å². The lowest BCUT2D eigenvalue weighted by atomic mass is 10.0. The van der Waals surface area contributed by atoms with Gasteiger partial charge in [-0.1, -0.05) is 17.7 Å². The van der Waals surface area contributed by atoms with E-state index in [4.69, 9.17) is 16.3 Å². The van der Waals surface area contributed by atoms with E-state index in [1.165, 1.54) is 35.6 Å². The second kappa shape index (κ2) is 12.2. The Balaban J connectivity index is 1.25. The zero-order valence-corrected chi connectivity index (χ0v) is 25.3. The van der Waals surface area contributed by atoms with Crippen molar-refractivity contribution in [3.8, 4) is 23.0 Å². The number of alkyl halides is 3. The molecule has 9 nitrogen and oxygen atoms in total. The SMILES string of the molecule is CN1CCN(Cc2ccc(NC(=O)c3cc(Oc4nc(-c5ccsc5)nc5nn(C)cc45)ccc3Cl)cc2C(F)(F)F)CC1. The first kappa shape index (κ1) is 30.0. The van der Waals surface area contributed by atoms with Gasteiger partial charge in [-0.25, -0.2) is 4.98 Å². The molecular weight excluding hydrogens is 615 g/mol. The molecule has 1 amide bonds. The van der Waals surface area contributed by atoms with Gasteiger partial charge in [0, 0.05) is 62.6 Å². The van der Waals surface area contributed by atoms with Crippen LogP contribution in [0.1, 0.15) is 21.5 Å². The molecule has 0 saturated carbocycles. The number of hydrogen-bond acceptors (Lipinski definition) is 8. The van der Waals surface area contributed by atoms with Crippen LogP contribution in [0.4, 0.5) is 18.9 Å². The van der Waals surface area contributed by atoms with Gasteiger partial charge in [-0.3, -0.25) is 14.4 Å². The summed E-state index contributed by atoms with van der Waals surface area (Å²) in [4.78, 5) is 26.5. The first-order valence-electron chi connectivity index (χ1n) is 13.7. The highest BCUT2D eigenvalue weighted by atomic mass is 35.5. The van der Waals surface area contributed by atoms with Gasteiger partial charge >= 0.3 is 6.18 Å². The van der Waals surface area contributed by atoms with Crippen molar-refractivity contribution in [2.45, 2.75) is 12.7 Å². The Morgan fingerprint density at radius 1 is 1.07 bits per heavy atom. The molecule has 4 heterocycles. The van der Waals surface area contributed by atoms with Crippen LogP contribution < -0.4 is 10.1 Å². The van der Waals surface area contributed by atoms with Crippen LogP contribution in [-0.4, -0.2) is 68.7 Å². The molecule has 1 aliphatic rings. The number of ether oxygens (including phenoxy) is 1. The topological polar surface area (TPSA) is 88.4 Å². The molecule has 1 fully saturated rings. The third-order valence-corrected chi connectivity index (χ3v) is 8.31. The van der Waals surface area contributed by atoms with E-state index in [9.17, 15) is 18.0 Å². The molecule has 5 aromatic rings. The quantitative estimate of drug-likeness (QED) is 0.215. The average Bonchev–Trinajstić information content (AvgIpc) is 3.65. The van der Waals surface area contributed by atoms with Crippen molar-refractivity contribution in [3.63, 3.8) is 0 Å². The third-order valence-electron chi connectivity index (χ3n) is 7.30. The maximum atomic E-state index is 14.1. The number of rotatable bonds is 7. The van der Waals surface area contributed by atoms with Crippen LogP contribution in [0, 0.1) is 0 Å². The summed E-state index contributed by atoms with van der Waals surface area (Å²) in [5.74, 6) is 0.214. The smallest absolute Gasteiger partial charge is 0.416 e. The molecule has 2 aromatic carbocycles. The zero-order valence-electron chi connectivity index (χ0n) is 23.7. The number of nitrogens with zero attached hydrogens (tertiary/aromatic N) is 6. The van der Waals surface area contributed by atoms with E-state index in [0.717, 1.165) is 24.7 Å². The highest BCUT2D eigenvalue weighted by Gasteiger charge is 2.34. The number of carbonyl (C=O) groups excluding carboxylic acids is 1. The minimum Gasteiger partial charge on any atom is -0.438 e. The Kier molecular flexibility index (Phi) is 8.29. The number of fused-ring (bicyclic) bond motifs is 1. The van der Waals surface area contributed by atoms with Crippen LogP contribution in [-0.2, 0) is 19.8 Å². The van der Waals surface area contributed by atoms with Gasteiger partial charge in [0.1, 0.15) is 11.1 Å². The number of nitrogens with one attached hydrogen (secondary N) is 1. The second-order valence-corrected chi connectivity index (χ2v) is 11.7. The summed E-state index contributed by atoms with van der Waals surface area (Å²) in [6.45, 7) is 3.11. The predicted octanol–water partition coefficient (Wildman–Crippen LogP) is 6.56. The van der Waals surface area contributed by atoms with Crippen molar-refractivity contribution >= 4 is 45.6 Å². The number of anilines is 1. The number of carbonyl (C=O) groups is 1. The fourth-order valence-electron chi connectivity index (χ4n) is 4.95. The van der Waals surface area contributed by atoms with Gasteiger partial charge in [0.15, 0.2) is 11.5 Å². The van der Waals surface area contributed by atoms with Crippen molar-refractivity contribution in [1.29, 1.82) is 0 Å². The summed E-state index contributed by atoms with van der Waals surface area (Å²) in [6.07, 6.45) is -2.87. The van der Waals surface area contributed by atoms with Crippen molar-refractivity contribution in [1.82, 2.24) is 29.5 Å². The van der Waals surface area contributed by atoms with Crippen molar-refractivity contribution in [2.75, 3.05) is 38.5 Å². The Morgan fingerprint density at radius 2 is 1.86 bits per heavy atom. The van der Waals surface area contributed by atoms with Gasteiger partial charge in [0.05, 0.1) is 16.1 Å². The molecule has 44 heavy (non-hydrogen) atoms. The molecule has 1 aliphatic heterocycles. The van der Waals surface area contributed by atoms with Gasteiger partial charge in [0.2, 0.25) is 5.88 Å². The minimum absolute atomic E-state index is 0.000106. The number of benzene rings is 2. The lowest BCUT2D eigenvalue weighted by Crippen LogP contribution is -2.44. The number of likely N-dealkylation sites (N-methyl/N-ethyl adjacent to an activating group) is 1. The maximum Gasteiger partial charge on any atom is 0.416 e. The summed E-state index contributed by atoms with van der Waals surface area (Å²) < 4.78 is 49.9. The third kappa shape index (κ3) is 6.55. The van der Waals surface area contributed by atoms with Gasteiger partial charge < -0.3 is 15.0 Å². The summed E-state index contributed by atoms with van der Waals surface area (Å²) in [5.41, 5.74) is 0.623. The van der Waals surface area contributed by atoms with Crippen LogP contribution in [0.15, 0.2) is 59.4 Å². The molecule has 0 aliphatic carbocycles. The molecule has 0 spiro atoms. The molecule has 3 aromatic heterocycles. The molecule has 0 radical (unpaired) electrons. The van der Waals surface area contributed by atoms with Crippen LogP contribution >= 0.6 is 22.9 Å². The zero-order chi connectivity index (χ0) is 31.0. The molecule has 1 N–H and O–H groups in total. The fraction of sp³-hybridized carbons (Fsp3) is 0.267. The van der Waals surface area contributed by atoms with E-state index in [0.29, 0.717) is 29.9 Å². The van der Waals surface area contributed by atoms with Gasteiger partial charge in [0.25, 0.3) is 5.91 Å². The Bertz CT molecular complexity index is 1820. The molecule has 0 atom stereocenters. The van der Waals surface area contributed by atoms with Gasteiger partial charge in [-0.15, -0.1) is 0 Å². The van der Waals surface area contributed by atoms with Gasteiger partial charge in [-0.05, 0) is 54.4 Å². The number of piperazine rings is 1. The molecular formula is C30H27ClF3N7O2S. The Morgan fingerprint density at radius 3 is 2.59 bits per heavy atom. The van der Waals surface area contributed by atoms with Crippen LogP contribution in [0.2, 0.25) is 5.02 Å². The second-order valence-electron chi connectivity index (χ2n) is 10.6. The Hall–Kier alpha value is -4.04. The number of aromatic nitrogens is 4. The highest BCUT2D eigenvalue weighted by molar-refractivity contribution is 7.08. The molecule has 0 unspecified atom stereocenters. The number of halogens is 4. The lowest BCUT2D eigenvalue weighted by Gasteiger charge is -2.33. The maximum absolute atomic E-state index is 14.1. The van der Waals surface area contributed by atoms with E-state index < -0.39 is 17.6 Å². The molecule has 6 rings (SSSR count). The first-order valence-corrected chi connectivity index (χ1v) is 15.0. The molecule has 228 valence electrons. The molecule has 14 heteroatoms. The number of amides is 1. The van der Waals surface area contributed by atoms with Crippen molar-refractivity contribution < 1.29 is 22.7 Å². The van der Waals surface area contributed by atoms with E-state index in [2.05, 4.69) is 25.3 Å². The predicted molar refractivity (Wildman–Crippen MR) is 163 cm³/mol. The summed E-state index contributed by atoms with van der Waals surface area (Å²) in [5, 5.41) is 11.4. The van der Waals surface area contributed by atoms with Crippen LogP contribution in [0.5, 0.6) is 11.6 Å². The summed E-state index contributed by atoms with van der Waals surface area (Å²) in [7, 11) is 3.74. The number of aryl methyl sites for hydroxylation is 1. The highest BCUT2D eigenvalue weighted by Crippen LogP contribution is 2.36. The van der Waals surface area contributed by atoms with E-state index >= 15 is 0 Å². The Labute approximate surface area is 259 Å². The number of hydrogen-bond donors (Lipinski definition) is 1. The average molecular weight is 642 g/mol. The van der Waals surface area contributed by atoms with E-state index in [-0.39, 0.29) is 40.0 Å². The van der Waals surface area contributed by atoms with Crippen LogP contribution in [0.3, 0.4) is 0 Å². The normalized spacial score (nSPS) is 14.7. The molecule has 1 saturated heterocycles. The van der Waals surface area contributed by atoms with E-state index in [1.54, 1.807) is 24.0 Å². The van der Waals surface area contributed by atoms with Crippen molar-refractivity contribution in [2.24, 2.45) is 7.05 Å². The minimum atomic E-state index is -4.59. The van der Waals surface area contributed by atoms with Gasteiger partial charge in [-0.2, -0.15) is 34.6 Å². The standard InChI is InChI=1S/C30H27ClF3N7O2S/c1-39-8-10-41(11-9-39)15-18-3-4-20(13-24(18)30(32,33)34)35-28(42)22-14-21(5-6-25(22)31)43-29-23-16-40(2)38-27(23)36-26(37-29)19-7-12-44-17-19/h3-7,12-14,16-17H,8-11,15H2,1-2H3,(H,35,42). The number of thiophene rings is 1. The monoisotopic (exact) mass is 641 g/mol. The van der Waals surface area contributed by atoms with E-state index in [1.807, 2.05) is 28.8 Å².